The molecule has 0 saturated heterocycles. The van der Waals surface area contributed by atoms with Gasteiger partial charge in [0.05, 0.1) is 10.6 Å². The van der Waals surface area contributed by atoms with Crippen LogP contribution in [0.15, 0.2) is 82.6 Å². The fourth-order valence-corrected chi connectivity index (χ4v) is 5.93. The van der Waals surface area contributed by atoms with Gasteiger partial charge in [0.2, 0.25) is 0 Å². The van der Waals surface area contributed by atoms with E-state index in [0.717, 1.165) is 16.0 Å². The number of ketones is 2. The van der Waals surface area contributed by atoms with Crippen LogP contribution in [-0.4, -0.2) is 31.5 Å². The standard InChI is InChI=1S/C26H26O4S2/c1-18-4-12-24(13-5-18)31-16-23(17-32(29,30)25-14-6-19(2)7-15-25)26(28)22-10-8-21(9-11-22)20(3)27/h4-15,23H,16-17H2,1-3H3. The molecular formula is C26H26O4S2. The molecule has 166 valence electrons. The van der Waals surface area contributed by atoms with Crippen LogP contribution in [-0.2, 0) is 9.84 Å². The first-order valence-corrected chi connectivity index (χ1v) is 12.9. The molecular weight excluding hydrogens is 440 g/mol. The number of carbonyl (C=O) groups is 2. The molecule has 0 fully saturated rings. The molecule has 4 nitrogen and oxygen atoms in total. The number of benzene rings is 3. The minimum absolute atomic E-state index is 0.0857. The maximum Gasteiger partial charge on any atom is 0.179 e. The van der Waals surface area contributed by atoms with Gasteiger partial charge in [0.25, 0.3) is 0 Å². The Balaban J connectivity index is 1.87. The van der Waals surface area contributed by atoms with Crippen molar-refractivity contribution in [2.24, 2.45) is 5.92 Å². The molecule has 6 heteroatoms. The van der Waals surface area contributed by atoms with E-state index in [-0.39, 0.29) is 22.2 Å². The summed E-state index contributed by atoms with van der Waals surface area (Å²) in [6.07, 6.45) is 0. The van der Waals surface area contributed by atoms with Gasteiger partial charge in [0, 0.05) is 27.7 Å². The first kappa shape index (κ1) is 24.0. The molecule has 0 saturated carbocycles. The molecule has 3 rings (SSSR count). The van der Waals surface area contributed by atoms with E-state index in [4.69, 9.17) is 0 Å². The summed E-state index contributed by atoms with van der Waals surface area (Å²) in [5.74, 6) is -0.993. The van der Waals surface area contributed by atoms with E-state index in [2.05, 4.69) is 0 Å². The van der Waals surface area contributed by atoms with Gasteiger partial charge in [-0.05, 0) is 45.0 Å². The molecule has 0 amide bonds. The van der Waals surface area contributed by atoms with Crippen molar-refractivity contribution in [2.75, 3.05) is 11.5 Å². The Kier molecular flexibility index (Phi) is 7.69. The zero-order valence-electron chi connectivity index (χ0n) is 18.4. The monoisotopic (exact) mass is 466 g/mol. The van der Waals surface area contributed by atoms with Crippen LogP contribution in [0.3, 0.4) is 0 Å². The molecule has 0 heterocycles. The van der Waals surface area contributed by atoms with Crippen LogP contribution in [0.2, 0.25) is 0 Å². The highest BCUT2D eigenvalue weighted by atomic mass is 32.2. The second-order valence-corrected chi connectivity index (χ2v) is 11.0. The van der Waals surface area contributed by atoms with Gasteiger partial charge < -0.3 is 0 Å². The largest absolute Gasteiger partial charge is 0.295 e. The Hall–Kier alpha value is -2.70. The fourth-order valence-electron chi connectivity index (χ4n) is 3.24. The van der Waals surface area contributed by atoms with E-state index >= 15 is 0 Å². The molecule has 0 N–H and O–H groups in total. The van der Waals surface area contributed by atoms with Crippen molar-refractivity contribution in [3.63, 3.8) is 0 Å². The molecule has 0 aliphatic carbocycles. The molecule has 0 aliphatic rings. The minimum atomic E-state index is -3.65. The summed E-state index contributed by atoms with van der Waals surface area (Å²) in [6.45, 7) is 5.36. The third kappa shape index (κ3) is 6.17. The van der Waals surface area contributed by atoms with Crippen molar-refractivity contribution in [3.05, 3.63) is 95.1 Å². The molecule has 0 radical (unpaired) electrons. The van der Waals surface area contributed by atoms with E-state index < -0.39 is 15.8 Å². The van der Waals surface area contributed by atoms with E-state index in [1.54, 1.807) is 48.5 Å². The molecule has 0 aliphatic heterocycles. The van der Waals surface area contributed by atoms with Gasteiger partial charge in [-0.25, -0.2) is 8.42 Å². The minimum Gasteiger partial charge on any atom is -0.295 e. The molecule has 32 heavy (non-hydrogen) atoms. The number of hydrogen-bond acceptors (Lipinski definition) is 5. The summed E-state index contributed by atoms with van der Waals surface area (Å²) in [5.41, 5.74) is 3.02. The molecule has 0 bridgehead atoms. The van der Waals surface area contributed by atoms with Gasteiger partial charge >= 0.3 is 0 Å². The maximum atomic E-state index is 13.3. The van der Waals surface area contributed by atoms with Crippen LogP contribution >= 0.6 is 11.8 Å². The van der Waals surface area contributed by atoms with Crippen molar-refractivity contribution >= 4 is 33.2 Å². The number of Topliss-reactive ketones (excluding diaryl/α,β-unsaturated/α-hetero) is 2. The summed E-state index contributed by atoms with van der Waals surface area (Å²) in [6, 6.07) is 21.0. The van der Waals surface area contributed by atoms with Gasteiger partial charge in [-0.3, -0.25) is 9.59 Å². The number of rotatable bonds is 9. The summed E-state index contributed by atoms with van der Waals surface area (Å²) in [5, 5.41) is 0. The summed E-state index contributed by atoms with van der Waals surface area (Å²) in [4.78, 5) is 26.0. The SMILES string of the molecule is CC(=O)c1ccc(C(=O)C(CSc2ccc(C)cc2)CS(=O)(=O)c2ccc(C)cc2)cc1. The zero-order chi connectivity index (χ0) is 23.3. The molecule has 1 unspecified atom stereocenters. The summed E-state index contributed by atoms with van der Waals surface area (Å²) < 4.78 is 26.2. The van der Waals surface area contributed by atoms with Crippen molar-refractivity contribution in [2.45, 2.75) is 30.6 Å². The second-order valence-electron chi connectivity index (χ2n) is 7.91. The van der Waals surface area contributed by atoms with Gasteiger partial charge in [0.1, 0.15) is 0 Å². The molecule has 0 aromatic heterocycles. The van der Waals surface area contributed by atoms with E-state index in [9.17, 15) is 18.0 Å². The third-order valence-electron chi connectivity index (χ3n) is 5.22. The van der Waals surface area contributed by atoms with Crippen LogP contribution < -0.4 is 0 Å². The quantitative estimate of drug-likeness (QED) is 0.305. The van der Waals surface area contributed by atoms with Crippen molar-refractivity contribution in [1.82, 2.24) is 0 Å². The van der Waals surface area contributed by atoms with Gasteiger partial charge in [-0.1, -0.05) is 59.7 Å². The average Bonchev–Trinajstić information content (AvgIpc) is 2.77. The van der Waals surface area contributed by atoms with E-state index in [1.165, 1.54) is 18.7 Å². The molecule has 0 spiro atoms. The van der Waals surface area contributed by atoms with Crippen molar-refractivity contribution in [3.8, 4) is 0 Å². The van der Waals surface area contributed by atoms with Crippen LogP contribution in [0.1, 0.15) is 38.8 Å². The fraction of sp³-hybridized carbons (Fsp3) is 0.231. The first-order valence-electron chi connectivity index (χ1n) is 10.3. The second kappa shape index (κ2) is 10.3. The lowest BCUT2D eigenvalue weighted by Gasteiger charge is -2.17. The topological polar surface area (TPSA) is 68.3 Å². The van der Waals surface area contributed by atoms with E-state index in [1.807, 2.05) is 38.1 Å². The number of carbonyl (C=O) groups excluding carboxylic acids is 2. The van der Waals surface area contributed by atoms with Crippen LogP contribution in [0, 0.1) is 19.8 Å². The highest BCUT2D eigenvalue weighted by Crippen LogP contribution is 2.26. The Morgan fingerprint density at radius 1 is 0.781 bits per heavy atom. The van der Waals surface area contributed by atoms with Crippen molar-refractivity contribution in [1.29, 1.82) is 0 Å². The Labute approximate surface area is 194 Å². The van der Waals surface area contributed by atoms with Crippen LogP contribution in [0.25, 0.3) is 0 Å². The molecule has 3 aromatic carbocycles. The van der Waals surface area contributed by atoms with Crippen molar-refractivity contribution < 1.29 is 18.0 Å². The average molecular weight is 467 g/mol. The smallest absolute Gasteiger partial charge is 0.179 e. The lowest BCUT2D eigenvalue weighted by atomic mass is 9.99. The number of aryl methyl sites for hydroxylation is 2. The number of sulfone groups is 1. The van der Waals surface area contributed by atoms with Crippen LogP contribution in [0.5, 0.6) is 0 Å². The van der Waals surface area contributed by atoms with Gasteiger partial charge in [0.15, 0.2) is 21.4 Å². The first-order chi connectivity index (χ1) is 15.2. The normalized spacial score (nSPS) is 12.3. The van der Waals surface area contributed by atoms with Crippen LogP contribution in [0.4, 0.5) is 0 Å². The Morgan fingerprint density at radius 2 is 1.28 bits per heavy atom. The maximum absolute atomic E-state index is 13.3. The number of thioether (sulfide) groups is 1. The summed E-state index contributed by atoms with van der Waals surface area (Å²) in [7, 11) is -3.65. The highest BCUT2D eigenvalue weighted by molar-refractivity contribution is 7.99. The molecule has 1 atom stereocenters. The van der Waals surface area contributed by atoms with E-state index in [0.29, 0.717) is 16.9 Å². The highest BCUT2D eigenvalue weighted by Gasteiger charge is 2.28. The van der Waals surface area contributed by atoms with Gasteiger partial charge in [-0.2, -0.15) is 0 Å². The Morgan fingerprint density at radius 3 is 1.81 bits per heavy atom. The lowest BCUT2D eigenvalue weighted by Crippen LogP contribution is -2.26. The predicted octanol–water partition coefficient (Wildman–Crippen LogP) is 5.57. The molecule has 3 aromatic rings. The van der Waals surface area contributed by atoms with Gasteiger partial charge in [-0.15, -0.1) is 11.8 Å². The Bertz CT molecular complexity index is 1190. The number of hydrogen-bond donors (Lipinski definition) is 0. The predicted molar refractivity (Wildman–Crippen MR) is 129 cm³/mol. The third-order valence-corrected chi connectivity index (χ3v) is 8.23. The zero-order valence-corrected chi connectivity index (χ0v) is 20.0. The lowest BCUT2D eigenvalue weighted by molar-refractivity contribution is 0.0941. The summed E-state index contributed by atoms with van der Waals surface area (Å²) >= 11 is 1.47.